The van der Waals surface area contributed by atoms with Crippen molar-refractivity contribution in [3.05, 3.63) is 34.9 Å². The second-order valence-electron chi connectivity index (χ2n) is 11.4. The fourth-order valence-electron chi connectivity index (χ4n) is 4.55. The third-order valence-corrected chi connectivity index (χ3v) is 7.06. The summed E-state index contributed by atoms with van der Waals surface area (Å²) in [6.45, 7) is 15.1. The lowest BCUT2D eigenvalue weighted by molar-refractivity contribution is -0.149. The standard InChI is InChI=1S/C30H47N3O6/c1-9-20(4)25(32-29(37)39-30(6,7)8)28(36)33(22-12-11-13-22)26(23-18-19(3)14-15-21(23)5)27(35)31-17-16-24(34)38-10-2/h14-15,18,20,22,25-26H,9-13,16-17H2,1-8H3,(H,31,35)(H,32,37). The number of aryl methyl sites for hydroxylation is 2. The second-order valence-corrected chi connectivity index (χ2v) is 11.4. The molecule has 0 radical (unpaired) electrons. The van der Waals surface area contributed by atoms with E-state index in [1.807, 2.05) is 45.9 Å². The van der Waals surface area contributed by atoms with Gasteiger partial charge < -0.3 is 25.0 Å². The van der Waals surface area contributed by atoms with E-state index in [1.54, 1.807) is 32.6 Å². The van der Waals surface area contributed by atoms with Gasteiger partial charge in [0.2, 0.25) is 11.8 Å². The smallest absolute Gasteiger partial charge is 0.408 e. The molecule has 0 spiro atoms. The highest BCUT2D eigenvalue weighted by Crippen LogP contribution is 2.36. The summed E-state index contributed by atoms with van der Waals surface area (Å²) in [5.41, 5.74) is 1.85. The number of benzene rings is 1. The van der Waals surface area contributed by atoms with Gasteiger partial charge in [-0.2, -0.15) is 0 Å². The van der Waals surface area contributed by atoms with Gasteiger partial charge in [0.1, 0.15) is 17.7 Å². The zero-order chi connectivity index (χ0) is 29.3. The zero-order valence-electron chi connectivity index (χ0n) is 24.9. The molecule has 0 aromatic heterocycles. The molecule has 2 N–H and O–H groups in total. The van der Waals surface area contributed by atoms with Gasteiger partial charge in [-0.05, 0) is 77.8 Å². The SMILES string of the molecule is CCOC(=O)CCNC(=O)C(c1cc(C)ccc1C)N(C(=O)C(NC(=O)OC(C)(C)C)C(C)CC)C1CCC1. The molecule has 2 rings (SSSR count). The summed E-state index contributed by atoms with van der Waals surface area (Å²) >= 11 is 0. The quantitative estimate of drug-likeness (QED) is 0.367. The predicted molar refractivity (Wildman–Crippen MR) is 150 cm³/mol. The van der Waals surface area contributed by atoms with Crippen LogP contribution in [0.1, 0.15) is 96.4 Å². The number of hydrogen-bond donors (Lipinski definition) is 2. The molecule has 3 atom stereocenters. The highest BCUT2D eigenvalue weighted by Gasteiger charge is 2.43. The number of carbonyl (C=O) groups excluding carboxylic acids is 4. The van der Waals surface area contributed by atoms with Gasteiger partial charge in [-0.3, -0.25) is 14.4 Å². The molecule has 39 heavy (non-hydrogen) atoms. The van der Waals surface area contributed by atoms with Gasteiger partial charge in [-0.1, -0.05) is 44.0 Å². The van der Waals surface area contributed by atoms with E-state index in [9.17, 15) is 19.2 Å². The van der Waals surface area contributed by atoms with Crippen molar-refractivity contribution in [2.24, 2.45) is 5.92 Å². The van der Waals surface area contributed by atoms with E-state index in [1.165, 1.54) is 0 Å². The number of hydrogen-bond acceptors (Lipinski definition) is 6. The van der Waals surface area contributed by atoms with Crippen LogP contribution in [-0.2, 0) is 23.9 Å². The molecule has 3 amide bonds. The van der Waals surface area contributed by atoms with Gasteiger partial charge in [0.15, 0.2) is 0 Å². The first-order chi connectivity index (χ1) is 18.3. The monoisotopic (exact) mass is 545 g/mol. The first kappa shape index (κ1) is 32.1. The zero-order valence-corrected chi connectivity index (χ0v) is 24.9. The van der Waals surface area contributed by atoms with Crippen LogP contribution in [0.15, 0.2) is 18.2 Å². The van der Waals surface area contributed by atoms with Crippen molar-refractivity contribution in [1.29, 1.82) is 0 Å². The lowest BCUT2D eigenvalue weighted by Crippen LogP contribution is -2.59. The number of amides is 3. The second kappa shape index (κ2) is 14.3. The number of ether oxygens (including phenoxy) is 2. The maximum Gasteiger partial charge on any atom is 0.408 e. The van der Waals surface area contributed by atoms with E-state index < -0.39 is 29.7 Å². The summed E-state index contributed by atoms with van der Waals surface area (Å²) in [6, 6.07) is 3.91. The Balaban J connectivity index is 2.49. The van der Waals surface area contributed by atoms with Gasteiger partial charge in [-0.15, -0.1) is 0 Å². The molecule has 1 fully saturated rings. The van der Waals surface area contributed by atoms with E-state index in [0.29, 0.717) is 6.42 Å². The average molecular weight is 546 g/mol. The Morgan fingerprint density at radius 3 is 2.31 bits per heavy atom. The molecule has 1 aromatic rings. The molecular formula is C30H47N3O6. The summed E-state index contributed by atoms with van der Waals surface area (Å²) in [5, 5.41) is 5.67. The lowest BCUT2D eigenvalue weighted by atomic mass is 9.86. The molecule has 0 bridgehead atoms. The predicted octanol–water partition coefficient (Wildman–Crippen LogP) is 4.73. The summed E-state index contributed by atoms with van der Waals surface area (Å²) in [7, 11) is 0. The Labute approximate surface area is 233 Å². The molecular weight excluding hydrogens is 498 g/mol. The molecule has 218 valence electrons. The maximum atomic E-state index is 14.4. The summed E-state index contributed by atoms with van der Waals surface area (Å²) < 4.78 is 10.5. The van der Waals surface area contributed by atoms with Crippen LogP contribution >= 0.6 is 0 Å². The maximum absolute atomic E-state index is 14.4. The van der Waals surface area contributed by atoms with Gasteiger partial charge in [0.05, 0.1) is 13.0 Å². The molecule has 9 heteroatoms. The van der Waals surface area contributed by atoms with Gasteiger partial charge >= 0.3 is 12.1 Å². The fraction of sp³-hybridized carbons (Fsp3) is 0.667. The molecule has 1 aliphatic rings. The van der Waals surface area contributed by atoms with Crippen LogP contribution in [0.5, 0.6) is 0 Å². The molecule has 9 nitrogen and oxygen atoms in total. The van der Waals surface area contributed by atoms with E-state index in [4.69, 9.17) is 9.47 Å². The van der Waals surface area contributed by atoms with Crippen molar-refractivity contribution in [3.63, 3.8) is 0 Å². The van der Waals surface area contributed by atoms with Crippen LogP contribution in [-0.4, -0.2) is 59.6 Å². The number of nitrogens with zero attached hydrogens (tertiary/aromatic N) is 1. The summed E-state index contributed by atoms with van der Waals surface area (Å²) in [6.07, 6.45) is 2.49. The van der Waals surface area contributed by atoms with Crippen LogP contribution in [0, 0.1) is 19.8 Å². The lowest BCUT2D eigenvalue weighted by Gasteiger charge is -2.44. The highest BCUT2D eigenvalue weighted by atomic mass is 16.6. The third-order valence-electron chi connectivity index (χ3n) is 7.06. The summed E-state index contributed by atoms with van der Waals surface area (Å²) in [5.74, 6) is -1.27. The van der Waals surface area contributed by atoms with Gasteiger partial charge in [0.25, 0.3) is 0 Å². The largest absolute Gasteiger partial charge is 0.466 e. The number of esters is 1. The molecule has 1 saturated carbocycles. The Bertz CT molecular complexity index is 1010. The molecule has 1 aliphatic carbocycles. The molecule has 0 saturated heterocycles. The number of carbonyl (C=O) groups is 4. The normalized spacial score (nSPS) is 15.8. The van der Waals surface area contributed by atoms with Crippen molar-refractivity contribution < 1.29 is 28.7 Å². The minimum Gasteiger partial charge on any atom is -0.466 e. The number of nitrogens with one attached hydrogen (secondary N) is 2. The molecule has 0 aliphatic heterocycles. The Morgan fingerprint density at radius 2 is 1.77 bits per heavy atom. The van der Waals surface area contributed by atoms with E-state index in [-0.39, 0.29) is 43.3 Å². The van der Waals surface area contributed by atoms with Crippen molar-refractivity contribution >= 4 is 23.9 Å². The Hall–Kier alpha value is -3.10. The summed E-state index contributed by atoms with van der Waals surface area (Å²) in [4.78, 5) is 54.5. The third kappa shape index (κ3) is 9.25. The van der Waals surface area contributed by atoms with Crippen molar-refractivity contribution in [2.75, 3.05) is 13.2 Å². The van der Waals surface area contributed by atoms with Crippen molar-refractivity contribution in [1.82, 2.24) is 15.5 Å². The molecule has 0 heterocycles. The van der Waals surface area contributed by atoms with E-state index in [0.717, 1.165) is 36.0 Å². The van der Waals surface area contributed by atoms with Gasteiger partial charge in [0, 0.05) is 12.6 Å². The van der Waals surface area contributed by atoms with Crippen LogP contribution < -0.4 is 10.6 Å². The molecule has 1 aromatic carbocycles. The fourth-order valence-corrected chi connectivity index (χ4v) is 4.55. The average Bonchev–Trinajstić information content (AvgIpc) is 2.81. The Kier molecular flexibility index (Phi) is 11.8. The number of rotatable bonds is 12. The minimum atomic E-state index is -0.920. The topological polar surface area (TPSA) is 114 Å². The van der Waals surface area contributed by atoms with Crippen molar-refractivity contribution in [2.45, 2.75) is 111 Å². The van der Waals surface area contributed by atoms with Crippen LogP contribution in [0.25, 0.3) is 0 Å². The first-order valence-electron chi connectivity index (χ1n) is 14.1. The van der Waals surface area contributed by atoms with E-state index >= 15 is 0 Å². The van der Waals surface area contributed by atoms with Crippen LogP contribution in [0.2, 0.25) is 0 Å². The van der Waals surface area contributed by atoms with Crippen molar-refractivity contribution in [3.8, 4) is 0 Å². The van der Waals surface area contributed by atoms with Gasteiger partial charge in [-0.25, -0.2) is 4.79 Å². The van der Waals surface area contributed by atoms with E-state index in [2.05, 4.69) is 10.6 Å². The van der Waals surface area contributed by atoms with Crippen LogP contribution in [0.4, 0.5) is 4.79 Å². The molecule has 3 unspecified atom stereocenters. The first-order valence-corrected chi connectivity index (χ1v) is 14.1. The highest BCUT2D eigenvalue weighted by molar-refractivity contribution is 5.93. The minimum absolute atomic E-state index is 0.0339. The Morgan fingerprint density at radius 1 is 1.10 bits per heavy atom. The number of alkyl carbamates (subject to hydrolysis) is 1. The van der Waals surface area contributed by atoms with Crippen LogP contribution in [0.3, 0.4) is 0 Å².